The normalized spacial score (nSPS) is 19.6. The summed E-state index contributed by atoms with van der Waals surface area (Å²) in [6, 6.07) is 8.54. The van der Waals surface area contributed by atoms with Gasteiger partial charge in [-0.25, -0.2) is 4.79 Å². The molecule has 2 amide bonds. The predicted molar refractivity (Wildman–Crippen MR) is 94.8 cm³/mol. The third-order valence-corrected chi connectivity index (χ3v) is 4.56. The number of ether oxygens (including phenoxy) is 1. The van der Waals surface area contributed by atoms with Crippen LogP contribution < -0.4 is 5.32 Å². The van der Waals surface area contributed by atoms with Crippen molar-refractivity contribution in [2.75, 3.05) is 6.54 Å². The van der Waals surface area contributed by atoms with E-state index < -0.39 is 18.2 Å². The lowest BCUT2D eigenvalue weighted by Gasteiger charge is -2.32. The molecule has 6 heteroatoms. The van der Waals surface area contributed by atoms with Gasteiger partial charge in [-0.3, -0.25) is 4.79 Å². The number of alkyl carbamates (subject to hydrolysis) is 1. The molecule has 0 radical (unpaired) electrons. The molecule has 0 spiro atoms. The van der Waals surface area contributed by atoms with E-state index in [1.54, 1.807) is 11.8 Å². The Balaban J connectivity index is 1.95. The van der Waals surface area contributed by atoms with Crippen LogP contribution in [0.25, 0.3) is 0 Å². The van der Waals surface area contributed by atoms with E-state index >= 15 is 0 Å². The second-order valence-corrected chi connectivity index (χ2v) is 6.91. The van der Waals surface area contributed by atoms with E-state index in [0.717, 1.165) is 18.4 Å². The van der Waals surface area contributed by atoms with Crippen molar-refractivity contribution < 1.29 is 19.4 Å². The highest BCUT2D eigenvalue weighted by molar-refractivity contribution is 5.86. The van der Waals surface area contributed by atoms with Gasteiger partial charge in [-0.05, 0) is 31.2 Å². The van der Waals surface area contributed by atoms with Crippen LogP contribution in [0.5, 0.6) is 0 Å². The molecule has 1 saturated heterocycles. The summed E-state index contributed by atoms with van der Waals surface area (Å²) >= 11 is 0. The highest BCUT2D eigenvalue weighted by atomic mass is 16.5. The quantitative estimate of drug-likeness (QED) is 0.827. The average molecular weight is 348 g/mol. The number of carbonyl (C=O) groups excluding carboxylic acids is 2. The van der Waals surface area contributed by atoms with Gasteiger partial charge in [0.2, 0.25) is 5.91 Å². The molecule has 1 aromatic rings. The fourth-order valence-electron chi connectivity index (χ4n) is 3.15. The molecule has 6 nitrogen and oxygen atoms in total. The third-order valence-electron chi connectivity index (χ3n) is 4.56. The van der Waals surface area contributed by atoms with Crippen molar-refractivity contribution in [2.24, 2.45) is 5.92 Å². The van der Waals surface area contributed by atoms with Crippen molar-refractivity contribution in [3.8, 4) is 0 Å². The van der Waals surface area contributed by atoms with Gasteiger partial charge < -0.3 is 20.1 Å². The number of benzene rings is 1. The molecule has 0 aliphatic carbocycles. The van der Waals surface area contributed by atoms with Crippen LogP contribution in [0.2, 0.25) is 0 Å². The molecule has 1 fully saturated rings. The molecule has 1 unspecified atom stereocenters. The van der Waals surface area contributed by atoms with Crippen molar-refractivity contribution in [1.29, 1.82) is 0 Å². The molecule has 1 aliphatic heterocycles. The van der Waals surface area contributed by atoms with Gasteiger partial charge >= 0.3 is 6.09 Å². The Labute approximate surface area is 149 Å². The number of hydrogen-bond donors (Lipinski definition) is 2. The summed E-state index contributed by atoms with van der Waals surface area (Å²) in [6.45, 7) is 6.23. The minimum Gasteiger partial charge on any atom is -0.445 e. The molecule has 1 aliphatic rings. The smallest absolute Gasteiger partial charge is 0.408 e. The highest BCUT2D eigenvalue weighted by Gasteiger charge is 2.37. The fraction of sp³-hybridized carbons (Fsp3) is 0.579. The van der Waals surface area contributed by atoms with Gasteiger partial charge in [0.05, 0.1) is 12.1 Å². The monoisotopic (exact) mass is 348 g/mol. The maximum absolute atomic E-state index is 12.9. The molecule has 0 saturated carbocycles. The van der Waals surface area contributed by atoms with Crippen LogP contribution in [-0.2, 0) is 16.1 Å². The van der Waals surface area contributed by atoms with Gasteiger partial charge in [0, 0.05) is 6.54 Å². The largest absolute Gasteiger partial charge is 0.445 e. The number of likely N-dealkylation sites (tertiary alicyclic amines) is 1. The topological polar surface area (TPSA) is 78.9 Å². The first-order chi connectivity index (χ1) is 11.9. The lowest BCUT2D eigenvalue weighted by molar-refractivity contribution is -0.137. The molecule has 0 aromatic heterocycles. The van der Waals surface area contributed by atoms with Crippen molar-refractivity contribution >= 4 is 12.0 Å². The number of nitrogens with zero attached hydrogens (tertiary/aromatic N) is 1. The van der Waals surface area contributed by atoms with Crippen molar-refractivity contribution in [2.45, 2.75) is 58.4 Å². The second-order valence-electron chi connectivity index (χ2n) is 6.91. The molecule has 1 aromatic carbocycles. The molecule has 3 atom stereocenters. The van der Waals surface area contributed by atoms with Crippen LogP contribution in [0.15, 0.2) is 30.3 Å². The van der Waals surface area contributed by atoms with Crippen LogP contribution in [0.3, 0.4) is 0 Å². The summed E-state index contributed by atoms with van der Waals surface area (Å²) in [6.07, 6.45) is 0.463. The number of aliphatic hydroxyl groups excluding tert-OH is 1. The Morgan fingerprint density at radius 2 is 1.96 bits per heavy atom. The standard InChI is InChI=1S/C19H28N2O4/c1-13(2)17(18(23)21-11-7-10-16(21)14(3)22)20-19(24)25-12-15-8-5-4-6-9-15/h4-6,8-9,13-14,16-17,22H,7,10-12H2,1-3H3,(H,20,24)/t14-,16?,17-/m1/s1. The Morgan fingerprint density at radius 3 is 2.56 bits per heavy atom. The van der Waals surface area contributed by atoms with E-state index in [9.17, 15) is 14.7 Å². The van der Waals surface area contributed by atoms with Gasteiger partial charge in [-0.2, -0.15) is 0 Å². The van der Waals surface area contributed by atoms with E-state index in [4.69, 9.17) is 4.74 Å². The van der Waals surface area contributed by atoms with Crippen LogP contribution in [0, 0.1) is 5.92 Å². The summed E-state index contributed by atoms with van der Waals surface area (Å²) in [7, 11) is 0. The average Bonchev–Trinajstić information content (AvgIpc) is 3.08. The van der Waals surface area contributed by atoms with E-state index in [0.29, 0.717) is 6.54 Å². The van der Waals surface area contributed by atoms with E-state index in [1.807, 2.05) is 44.2 Å². The lowest BCUT2D eigenvalue weighted by Crippen LogP contribution is -2.54. The predicted octanol–water partition coefficient (Wildman–Crippen LogP) is 2.31. The van der Waals surface area contributed by atoms with Crippen LogP contribution >= 0.6 is 0 Å². The number of rotatable bonds is 6. The zero-order valence-electron chi connectivity index (χ0n) is 15.1. The first-order valence-corrected chi connectivity index (χ1v) is 8.86. The summed E-state index contributed by atoms with van der Waals surface area (Å²) in [5, 5.41) is 12.6. The van der Waals surface area contributed by atoms with Gasteiger partial charge in [-0.1, -0.05) is 44.2 Å². The summed E-state index contributed by atoms with van der Waals surface area (Å²) in [4.78, 5) is 26.7. The third kappa shape index (κ3) is 5.19. The molecular formula is C19H28N2O4. The first kappa shape index (κ1) is 19.2. The number of nitrogens with one attached hydrogen (secondary N) is 1. The fourth-order valence-corrected chi connectivity index (χ4v) is 3.15. The van der Waals surface area contributed by atoms with Gasteiger partial charge in [0.1, 0.15) is 12.6 Å². The maximum Gasteiger partial charge on any atom is 0.408 e. The Kier molecular flexibility index (Phi) is 6.82. The molecule has 1 heterocycles. The van der Waals surface area contributed by atoms with Crippen molar-refractivity contribution in [3.05, 3.63) is 35.9 Å². The molecule has 0 bridgehead atoms. The minimum atomic E-state index is -0.664. The number of aliphatic hydroxyl groups is 1. The van der Waals surface area contributed by atoms with Crippen molar-refractivity contribution in [1.82, 2.24) is 10.2 Å². The molecule has 138 valence electrons. The number of hydrogen-bond acceptors (Lipinski definition) is 4. The zero-order chi connectivity index (χ0) is 18.4. The summed E-state index contributed by atoms with van der Waals surface area (Å²) < 4.78 is 5.23. The minimum absolute atomic E-state index is 0.0768. The lowest BCUT2D eigenvalue weighted by atomic mass is 10.0. The van der Waals surface area contributed by atoms with Gasteiger partial charge in [0.15, 0.2) is 0 Å². The summed E-state index contributed by atoms with van der Waals surface area (Å²) in [5.74, 6) is -0.234. The Bertz CT molecular complexity index is 574. The van der Waals surface area contributed by atoms with E-state index in [-0.39, 0.29) is 24.5 Å². The van der Waals surface area contributed by atoms with E-state index in [2.05, 4.69) is 5.32 Å². The number of carbonyl (C=O) groups is 2. The Hall–Kier alpha value is -2.08. The van der Waals surface area contributed by atoms with Crippen LogP contribution in [-0.4, -0.2) is 46.7 Å². The Morgan fingerprint density at radius 1 is 1.28 bits per heavy atom. The van der Waals surface area contributed by atoms with Crippen LogP contribution in [0.4, 0.5) is 4.79 Å². The first-order valence-electron chi connectivity index (χ1n) is 8.86. The zero-order valence-corrected chi connectivity index (χ0v) is 15.1. The van der Waals surface area contributed by atoms with Gasteiger partial charge in [-0.15, -0.1) is 0 Å². The molecule has 2 N–H and O–H groups in total. The van der Waals surface area contributed by atoms with E-state index in [1.165, 1.54) is 0 Å². The SMILES string of the molecule is CC(C)[C@@H](NC(=O)OCc1ccccc1)C(=O)N1CCCC1[C@@H](C)O. The second kappa shape index (κ2) is 8.85. The van der Waals surface area contributed by atoms with Gasteiger partial charge in [0.25, 0.3) is 0 Å². The van der Waals surface area contributed by atoms with Crippen molar-refractivity contribution in [3.63, 3.8) is 0 Å². The highest BCUT2D eigenvalue weighted by Crippen LogP contribution is 2.22. The molecule has 2 rings (SSSR count). The maximum atomic E-state index is 12.9. The number of amides is 2. The van der Waals surface area contributed by atoms with Crippen LogP contribution in [0.1, 0.15) is 39.2 Å². The summed E-state index contributed by atoms with van der Waals surface area (Å²) in [5.41, 5.74) is 0.888. The molecule has 25 heavy (non-hydrogen) atoms. The molecular weight excluding hydrogens is 320 g/mol.